The molecule has 0 saturated carbocycles. The van der Waals surface area contributed by atoms with Crippen molar-refractivity contribution in [3.63, 3.8) is 0 Å². The standard InChI is InChI=1S/C19H20N4OS2/c1-12-18(13-6-8-23(12)9-7-13)21-19(24)14-2-4-15(5-3-14)25-17-10-16(11-20)26-22-17/h2-5,10,12-13,18H,6-9H2,1H3,(H,21,24). The number of benzene rings is 1. The van der Waals surface area contributed by atoms with Crippen molar-refractivity contribution in [2.45, 2.75) is 41.8 Å². The van der Waals surface area contributed by atoms with Crippen molar-refractivity contribution in [3.8, 4) is 6.07 Å². The van der Waals surface area contributed by atoms with Crippen molar-refractivity contribution in [1.82, 2.24) is 14.6 Å². The fourth-order valence-electron chi connectivity index (χ4n) is 3.93. The van der Waals surface area contributed by atoms with E-state index in [1.165, 1.54) is 36.1 Å². The summed E-state index contributed by atoms with van der Waals surface area (Å²) in [5.74, 6) is 0.611. The second-order valence-corrected chi connectivity index (χ2v) is 8.78. The zero-order valence-corrected chi connectivity index (χ0v) is 16.1. The van der Waals surface area contributed by atoms with E-state index in [0.29, 0.717) is 22.4 Å². The number of rotatable bonds is 4. The van der Waals surface area contributed by atoms with Crippen LogP contribution >= 0.6 is 23.3 Å². The van der Waals surface area contributed by atoms with E-state index in [1.807, 2.05) is 24.3 Å². The highest BCUT2D eigenvalue weighted by atomic mass is 32.2. The van der Waals surface area contributed by atoms with Gasteiger partial charge in [-0.25, -0.2) is 0 Å². The minimum absolute atomic E-state index is 0.00701. The molecule has 3 fully saturated rings. The summed E-state index contributed by atoms with van der Waals surface area (Å²) in [7, 11) is 0. The van der Waals surface area contributed by atoms with Gasteiger partial charge >= 0.3 is 0 Å². The van der Waals surface area contributed by atoms with Crippen LogP contribution in [0.5, 0.6) is 0 Å². The van der Waals surface area contributed by atoms with Gasteiger partial charge in [-0.2, -0.15) is 9.64 Å². The number of hydrogen-bond acceptors (Lipinski definition) is 6. The fourth-order valence-corrected chi connectivity index (χ4v) is 5.41. The van der Waals surface area contributed by atoms with E-state index in [-0.39, 0.29) is 11.9 Å². The molecule has 1 N–H and O–H groups in total. The van der Waals surface area contributed by atoms with E-state index in [2.05, 4.69) is 27.6 Å². The molecule has 0 radical (unpaired) electrons. The average Bonchev–Trinajstić information content (AvgIpc) is 3.13. The predicted molar refractivity (Wildman–Crippen MR) is 102 cm³/mol. The van der Waals surface area contributed by atoms with Crippen molar-refractivity contribution in [3.05, 3.63) is 40.8 Å². The lowest BCUT2D eigenvalue weighted by Crippen LogP contribution is -2.62. The maximum atomic E-state index is 12.7. The van der Waals surface area contributed by atoms with Gasteiger partial charge in [0.25, 0.3) is 5.91 Å². The molecule has 2 aromatic rings. The first-order valence-electron chi connectivity index (χ1n) is 8.83. The van der Waals surface area contributed by atoms with E-state index in [0.717, 1.165) is 23.0 Å². The molecule has 1 aromatic carbocycles. The molecule has 3 aliphatic heterocycles. The van der Waals surface area contributed by atoms with Gasteiger partial charge < -0.3 is 5.32 Å². The number of carbonyl (C=O) groups is 1. The smallest absolute Gasteiger partial charge is 0.251 e. The number of carbonyl (C=O) groups excluding carboxylic acids is 1. The van der Waals surface area contributed by atoms with Gasteiger partial charge in [-0.3, -0.25) is 9.69 Å². The molecule has 3 saturated heterocycles. The van der Waals surface area contributed by atoms with Crippen molar-refractivity contribution < 1.29 is 4.79 Å². The summed E-state index contributed by atoms with van der Waals surface area (Å²) in [6.07, 6.45) is 2.37. The third-order valence-electron chi connectivity index (χ3n) is 5.41. The number of nitrogens with zero attached hydrogens (tertiary/aromatic N) is 3. The largest absolute Gasteiger partial charge is 0.347 e. The van der Waals surface area contributed by atoms with E-state index in [4.69, 9.17) is 5.26 Å². The van der Waals surface area contributed by atoms with Gasteiger partial charge in [0.2, 0.25) is 0 Å². The number of fused-ring (bicyclic) bond motifs is 3. The first-order chi connectivity index (χ1) is 12.6. The summed E-state index contributed by atoms with van der Waals surface area (Å²) in [6, 6.07) is 12.1. The highest BCUT2D eigenvalue weighted by Crippen LogP contribution is 2.32. The quantitative estimate of drug-likeness (QED) is 0.875. The first-order valence-corrected chi connectivity index (χ1v) is 10.4. The van der Waals surface area contributed by atoms with Crippen LogP contribution in [0.3, 0.4) is 0 Å². The Kier molecular flexibility index (Phi) is 4.98. The minimum Gasteiger partial charge on any atom is -0.347 e. The number of piperidine rings is 3. The molecule has 4 heterocycles. The van der Waals surface area contributed by atoms with Crippen LogP contribution in [0.15, 0.2) is 40.3 Å². The van der Waals surface area contributed by atoms with Crippen LogP contribution in [0.1, 0.15) is 35.0 Å². The average molecular weight is 385 g/mol. The lowest BCUT2D eigenvalue weighted by molar-refractivity contribution is 0.0217. The van der Waals surface area contributed by atoms with Crippen LogP contribution in [0.4, 0.5) is 0 Å². The highest BCUT2D eigenvalue weighted by Gasteiger charge is 2.40. The molecule has 26 heavy (non-hydrogen) atoms. The zero-order chi connectivity index (χ0) is 18.1. The molecule has 2 unspecified atom stereocenters. The predicted octanol–water partition coefficient (Wildman–Crippen LogP) is 3.38. The van der Waals surface area contributed by atoms with Gasteiger partial charge in [0.05, 0.1) is 0 Å². The number of nitriles is 1. The zero-order valence-electron chi connectivity index (χ0n) is 14.5. The summed E-state index contributed by atoms with van der Waals surface area (Å²) in [5.41, 5.74) is 0.689. The van der Waals surface area contributed by atoms with E-state index in [9.17, 15) is 4.79 Å². The molecule has 3 aliphatic rings. The van der Waals surface area contributed by atoms with Crippen LogP contribution in [0.25, 0.3) is 0 Å². The van der Waals surface area contributed by atoms with Gasteiger partial charge in [-0.15, -0.1) is 0 Å². The number of amides is 1. The van der Waals surface area contributed by atoms with Gasteiger partial charge in [0.15, 0.2) is 0 Å². The van der Waals surface area contributed by atoms with Gasteiger partial charge in [-0.1, -0.05) is 11.8 Å². The van der Waals surface area contributed by atoms with Crippen molar-refractivity contribution in [2.75, 3.05) is 13.1 Å². The lowest BCUT2D eigenvalue weighted by atomic mass is 9.79. The monoisotopic (exact) mass is 384 g/mol. The van der Waals surface area contributed by atoms with Crippen molar-refractivity contribution >= 4 is 29.2 Å². The molecular weight excluding hydrogens is 364 g/mol. The summed E-state index contributed by atoms with van der Waals surface area (Å²) in [6.45, 7) is 4.54. The summed E-state index contributed by atoms with van der Waals surface area (Å²) >= 11 is 2.70. The number of nitrogens with one attached hydrogen (secondary N) is 1. The Morgan fingerprint density at radius 2 is 2.08 bits per heavy atom. The Morgan fingerprint density at radius 3 is 2.69 bits per heavy atom. The van der Waals surface area contributed by atoms with Gasteiger partial charge in [0, 0.05) is 28.6 Å². The van der Waals surface area contributed by atoms with E-state index >= 15 is 0 Å². The first kappa shape index (κ1) is 17.5. The number of aromatic nitrogens is 1. The second kappa shape index (κ2) is 7.39. The Balaban J connectivity index is 1.40. The molecule has 5 rings (SSSR count). The molecule has 134 valence electrons. The highest BCUT2D eigenvalue weighted by molar-refractivity contribution is 7.99. The number of hydrogen-bond donors (Lipinski definition) is 1. The molecule has 0 spiro atoms. The molecule has 7 heteroatoms. The second-order valence-electron chi connectivity index (χ2n) is 6.88. The van der Waals surface area contributed by atoms with Gasteiger partial charge in [-0.05, 0) is 74.6 Å². The van der Waals surface area contributed by atoms with Gasteiger partial charge in [0.1, 0.15) is 16.0 Å². The Morgan fingerprint density at radius 1 is 1.35 bits per heavy atom. The van der Waals surface area contributed by atoms with Crippen LogP contribution in [-0.4, -0.2) is 40.4 Å². The molecule has 1 aromatic heterocycles. The maximum absolute atomic E-state index is 12.7. The Labute approximate surface area is 161 Å². The van der Waals surface area contributed by atoms with E-state index < -0.39 is 0 Å². The van der Waals surface area contributed by atoms with Crippen LogP contribution < -0.4 is 5.32 Å². The SMILES string of the molecule is CC1C(NC(=O)c2ccc(Sc3cc(C#N)sn3)cc2)C2CCN1CC2. The van der Waals surface area contributed by atoms with Crippen molar-refractivity contribution in [1.29, 1.82) is 5.26 Å². The molecule has 5 nitrogen and oxygen atoms in total. The molecule has 1 amide bonds. The topological polar surface area (TPSA) is 69.0 Å². The molecule has 2 atom stereocenters. The van der Waals surface area contributed by atoms with Crippen LogP contribution in [-0.2, 0) is 0 Å². The fraction of sp³-hybridized carbons (Fsp3) is 0.421. The van der Waals surface area contributed by atoms with Crippen LogP contribution in [0, 0.1) is 17.2 Å². The Bertz CT molecular complexity index is 832. The third-order valence-corrected chi connectivity index (χ3v) is 7.15. The summed E-state index contributed by atoms with van der Waals surface area (Å²) in [5, 5.41) is 12.9. The van der Waals surface area contributed by atoms with Crippen LogP contribution in [0.2, 0.25) is 0 Å². The summed E-state index contributed by atoms with van der Waals surface area (Å²) < 4.78 is 4.25. The van der Waals surface area contributed by atoms with Crippen molar-refractivity contribution in [2.24, 2.45) is 5.92 Å². The third kappa shape index (κ3) is 3.50. The molecule has 2 bridgehead atoms. The molecule has 0 aliphatic carbocycles. The molecular formula is C19H20N4OS2. The summed E-state index contributed by atoms with van der Waals surface area (Å²) in [4.78, 5) is 16.8. The normalized spacial score (nSPS) is 27.1. The minimum atomic E-state index is 0.00701. The maximum Gasteiger partial charge on any atom is 0.251 e. The van der Waals surface area contributed by atoms with E-state index in [1.54, 1.807) is 6.07 Å². The lowest BCUT2D eigenvalue weighted by Gasteiger charge is -2.49. The Hall–Kier alpha value is -1.88.